The number of hydrogen-bond acceptors (Lipinski definition) is 3. The average Bonchev–Trinajstić information content (AvgIpc) is 3.20. The van der Waals surface area contributed by atoms with Gasteiger partial charge in [0, 0.05) is 5.02 Å². The van der Waals surface area contributed by atoms with Gasteiger partial charge >= 0.3 is 0 Å². The van der Waals surface area contributed by atoms with E-state index >= 15 is 0 Å². The summed E-state index contributed by atoms with van der Waals surface area (Å²) in [6.07, 6.45) is 0. The van der Waals surface area contributed by atoms with Crippen molar-refractivity contribution in [3.63, 3.8) is 0 Å². The van der Waals surface area contributed by atoms with Crippen LogP contribution in [0.15, 0.2) is 72.1 Å². The monoisotopic (exact) mass is 398 g/mol. The Morgan fingerprint density at radius 2 is 1.70 bits per heavy atom. The lowest BCUT2D eigenvalue weighted by Crippen LogP contribution is -2.43. The second-order valence-electron chi connectivity index (χ2n) is 6.14. The molecule has 0 saturated carbocycles. The Balaban J connectivity index is 2.11. The maximum atomic E-state index is 13.3. The zero-order chi connectivity index (χ0) is 19.4. The number of rotatable bonds is 6. The maximum absolute atomic E-state index is 13.3. The quantitative estimate of drug-likeness (QED) is 0.646. The van der Waals surface area contributed by atoms with Crippen LogP contribution in [0.25, 0.3) is 0 Å². The third-order valence-corrected chi connectivity index (χ3v) is 5.47. The molecule has 0 aliphatic heterocycles. The Labute approximate surface area is 167 Å². The predicted octanol–water partition coefficient (Wildman–Crippen LogP) is 4.83. The number of nitrogens with two attached hydrogens (primary N) is 1. The Morgan fingerprint density at radius 1 is 1.00 bits per heavy atom. The molecule has 0 unspecified atom stereocenters. The first-order valence-electron chi connectivity index (χ1n) is 8.45. The van der Waals surface area contributed by atoms with Crippen LogP contribution in [-0.4, -0.2) is 16.7 Å². The van der Waals surface area contributed by atoms with Gasteiger partial charge in [-0.2, -0.15) is 0 Å². The molecule has 4 nitrogen and oxygen atoms in total. The summed E-state index contributed by atoms with van der Waals surface area (Å²) < 4.78 is 0. The van der Waals surface area contributed by atoms with E-state index in [9.17, 15) is 9.59 Å². The number of benzene rings is 2. The Bertz CT molecular complexity index is 928. The fourth-order valence-corrected chi connectivity index (χ4v) is 3.93. The third kappa shape index (κ3) is 4.21. The number of primary amides is 1. The molecule has 0 fully saturated rings. The summed E-state index contributed by atoms with van der Waals surface area (Å²) in [5.41, 5.74) is 7.25. The van der Waals surface area contributed by atoms with Crippen LogP contribution in [0.5, 0.6) is 0 Å². The molecule has 1 heterocycles. The van der Waals surface area contributed by atoms with Crippen molar-refractivity contribution in [2.75, 3.05) is 0 Å². The summed E-state index contributed by atoms with van der Waals surface area (Å²) >= 11 is 7.47. The highest BCUT2D eigenvalue weighted by atomic mass is 35.5. The Morgan fingerprint density at radius 3 is 2.30 bits per heavy atom. The summed E-state index contributed by atoms with van der Waals surface area (Å²) in [4.78, 5) is 27.8. The highest BCUT2D eigenvalue weighted by Crippen LogP contribution is 2.33. The topological polar surface area (TPSA) is 63.4 Å². The molecule has 3 aromatic rings. The largest absolute Gasteiger partial charge is 0.368 e. The summed E-state index contributed by atoms with van der Waals surface area (Å²) in [6.45, 7) is 1.87. The molecule has 2 N–H and O–H groups in total. The molecule has 2 aromatic carbocycles. The normalized spacial score (nSPS) is 13.0. The van der Waals surface area contributed by atoms with Crippen molar-refractivity contribution in [1.29, 1.82) is 0 Å². The number of thiophene rings is 1. The second-order valence-corrected chi connectivity index (χ2v) is 7.52. The van der Waals surface area contributed by atoms with Crippen molar-refractivity contribution in [2.45, 2.75) is 19.0 Å². The zero-order valence-corrected chi connectivity index (χ0v) is 16.3. The van der Waals surface area contributed by atoms with Crippen molar-refractivity contribution in [3.8, 4) is 0 Å². The smallest absolute Gasteiger partial charge is 0.265 e. The summed E-state index contributed by atoms with van der Waals surface area (Å²) in [5.74, 6) is -0.829. The molecule has 6 heteroatoms. The van der Waals surface area contributed by atoms with E-state index in [1.165, 1.54) is 16.2 Å². The van der Waals surface area contributed by atoms with Gasteiger partial charge in [-0.1, -0.05) is 60.1 Å². The molecule has 27 heavy (non-hydrogen) atoms. The highest BCUT2D eigenvalue weighted by molar-refractivity contribution is 7.12. The predicted molar refractivity (Wildman–Crippen MR) is 109 cm³/mol. The molecule has 138 valence electrons. The van der Waals surface area contributed by atoms with Crippen LogP contribution in [-0.2, 0) is 4.79 Å². The van der Waals surface area contributed by atoms with Crippen LogP contribution in [0.4, 0.5) is 0 Å². The molecule has 2 atom stereocenters. The van der Waals surface area contributed by atoms with Gasteiger partial charge in [-0.25, -0.2) is 0 Å². The average molecular weight is 399 g/mol. The van der Waals surface area contributed by atoms with E-state index in [1.807, 2.05) is 48.7 Å². The van der Waals surface area contributed by atoms with Gasteiger partial charge in [-0.15, -0.1) is 11.3 Å². The number of amides is 2. The van der Waals surface area contributed by atoms with Crippen LogP contribution >= 0.6 is 22.9 Å². The number of hydrogen-bond donors (Lipinski definition) is 1. The molecule has 0 aliphatic rings. The van der Waals surface area contributed by atoms with Crippen molar-refractivity contribution in [3.05, 3.63) is 93.1 Å². The molecule has 0 bridgehead atoms. The lowest BCUT2D eigenvalue weighted by atomic mass is 9.99. The first kappa shape index (κ1) is 19.1. The van der Waals surface area contributed by atoms with Gasteiger partial charge in [0.25, 0.3) is 5.91 Å². The number of nitrogens with zero attached hydrogens (tertiary/aromatic N) is 1. The first-order valence-corrected chi connectivity index (χ1v) is 9.70. The van der Waals surface area contributed by atoms with Gasteiger partial charge in [0.2, 0.25) is 5.91 Å². The van der Waals surface area contributed by atoms with Crippen molar-refractivity contribution in [2.24, 2.45) is 5.73 Å². The fraction of sp³-hybridized carbons (Fsp3) is 0.143. The Kier molecular flexibility index (Phi) is 5.94. The molecular weight excluding hydrogens is 380 g/mol. The number of carbonyl (C=O) groups excluding carboxylic acids is 2. The molecule has 3 rings (SSSR count). The lowest BCUT2D eigenvalue weighted by Gasteiger charge is -2.35. The molecule has 0 saturated heterocycles. The van der Waals surface area contributed by atoms with Crippen molar-refractivity contribution in [1.82, 2.24) is 4.90 Å². The SMILES string of the molecule is C[C@H](c1cccc(Cl)c1)N(C(=O)c1cccs1)[C@@H](C(N)=O)c1ccccc1. The van der Waals surface area contributed by atoms with Gasteiger partial charge in [0.05, 0.1) is 10.9 Å². The van der Waals surface area contributed by atoms with E-state index in [2.05, 4.69) is 0 Å². The summed E-state index contributed by atoms with van der Waals surface area (Å²) in [5, 5.41) is 2.40. The number of carbonyl (C=O) groups is 2. The minimum atomic E-state index is -0.894. The third-order valence-electron chi connectivity index (χ3n) is 4.38. The standard InChI is InChI=1S/C21H19ClN2O2S/c1-14(16-9-5-10-17(22)13-16)24(21(26)18-11-6-12-27-18)19(20(23)25)15-7-3-2-4-8-15/h2-14,19H,1H3,(H2,23,25)/t14-,19-/m1/s1. The van der Waals surface area contributed by atoms with Gasteiger partial charge < -0.3 is 10.6 Å². The summed E-state index contributed by atoms with van der Waals surface area (Å²) in [6, 6.07) is 18.6. The Hall–Kier alpha value is -2.63. The first-order chi connectivity index (χ1) is 13.0. The zero-order valence-electron chi connectivity index (χ0n) is 14.7. The van der Waals surface area contributed by atoms with Crippen LogP contribution in [0.2, 0.25) is 5.02 Å². The number of halogens is 1. The van der Waals surface area contributed by atoms with Crippen molar-refractivity contribution >= 4 is 34.8 Å². The van der Waals surface area contributed by atoms with Gasteiger partial charge in [-0.05, 0) is 41.6 Å². The molecule has 1 aromatic heterocycles. The molecular formula is C21H19ClN2O2S. The maximum Gasteiger partial charge on any atom is 0.265 e. The minimum Gasteiger partial charge on any atom is -0.368 e. The van der Waals surface area contributed by atoms with Crippen LogP contribution in [0, 0.1) is 0 Å². The van der Waals surface area contributed by atoms with Gasteiger partial charge in [0.1, 0.15) is 6.04 Å². The molecule has 0 aliphatic carbocycles. The fourth-order valence-electron chi connectivity index (χ4n) is 3.07. The molecule has 0 radical (unpaired) electrons. The second kappa shape index (κ2) is 8.37. The summed E-state index contributed by atoms with van der Waals surface area (Å²) in [7, 11) is 0. The van der Waals surface area contributed by atoms with E-state index in [4.69, 9.17) is 17.3 Å². The van der Waals surface area contributed by atoms with Crippen molar-refractivity contribution < 1.29 is 9.59 Å². The van der Waals surface area contributed by atoms with E-state index in [1.54, 1.807) is 30.3 Å². The van der Waals surface area contributed by atoms with Gasteiger partial charge in [0.15, 0.2) is 0 Å². The van der Waals surface area contributed by atoms with E-state index in [0.717, 1.165) is 5.56 Å². The van der Waals surface area contributed by atoms with Crippen LogP contribution in [0.1, 0.15) is 39.8 Å². The minimum absolute atomic E-state index is 0.245. The van der Waals surface area contributed by atoms with Crippen LogP contribution < -0.4 is 5.73 Å². The molecule has 0 spiro atoms. The van der Waals surface area contributed by atoms with E-state index in [-0.39, 0.29) is 5.91 Å². The van der Waals surface area contributed by atoms with E-state index in [0.29, 0.717) is 15.5 Å². The van der Waals surface area contributed by atoms with Crippen LogP contribution in [0.3, 0.4) is 0 Å². The van der Waals surface area contributed by atoms with E-state index < -0.39 is 18.0 Å². The molecule has 2 amide bonds. The highest BCUT2D eigenvalue weighted by Gasteiger charge is 2.35. The lowest BCUT2D eigenvalue weighted by molar-refractivity contribution is -0.123. The van der Waals surface area contributed by atoms with Gasteiger partial charge in [-0.3, -0.25) is 9.59 Å².